The Hall–Kier alpha value is -0.940. The smallest absolute Gasteiger partial charge is 0.135 e. The topological polar surface area (TPSA) is 39.2 Å². The highest BCUT2D eigenvalue weighted by Gasteiger charge is 2.27. The molecule has 3 rings (SSSR count). The van der Waals surface area contributed by atoms with E-state index in [0.717, 1.165) is 41.4 Å². The van der Waals surface area contributed by atoms with E-state index in [9.17, 15) is 4.79 Å². The molecule has 1 fully saturated rings. The number of halogens is 1. The number of aromatic nitrogens is 1. The molecule has 1 aromatic heterocycles. The van der Waals surface area contributed by atoms with Gasteiger partial charge < -0.3 is 4.74 Å². The van der Waals surface area contributed by atoms with E-state index in [4.69, 9.17) is 9.72 Å². The third-order valence-electron chi connectivity index (χ3n) is 4.33. The van der Waals surface area contributed by atoms with Crippen LogP contribution in [0.15, 0.2) is 16.6 Å². The Morgan fingerprint density at radius 2 is 2.05 bits per heavy atom. The van der Waals surface area contributed by atoms with E-state index in [1.165, 1.54) is 9.71 Å². The van der Waals surface area contributed by atoms with E-state index in [0.29, 0.717) is 11.7 Å². The van der Waals surface area contributed by atoms with Crippen molar-refractivity contribution in [1.29, 1.82) is 0 Å². The van der Waals surface area contributed by atoms with Gasteiger partial charge in [-0.15, -0.1) is 11.3 Å². The Morgan fingerprint density at radius 1 is 1.33 bits per heavy atom. The van der Waals surface area contributed by atoms with Crippen LogP contribution in [0.3, 0.4) is 0 Å². The predicted octanol–water partition coefficient (Wildman–Crippen LogP) is 4.93. The molecule has 5 heteroatoms. The first-order valence-corrected chi connectivity index (χ1v) is 8.84. The number of methoxy groups -OCH3 is 1. The summed E-state index contributed by atoms with van der Waals surface area (Å²) in [5, 5.41) is 1.20. The number of nitrogens with zero attached hydrogens (tertiary/aromatic N) is 1. The number of benzene rings is 1. The number of hydrogen-bond acceptors (Lipinski definition) is 4. The fourth-order valence-electron chi connectivity index (χ4n) is 3.03. The van der Waals surface area contributed by atoms with Gasteiger partial charge in [0.25, 0.3) is 0 Å². The summed E-state index contributed by atoms with van der Waals surface area (Å²) in [6.07, 6.45) is 4.15. The highest BCUT2D eigenvalue weighted by Crippen LogP contribution is 2.40. The lowest BCUT2D eigenvalue weighted by atomic mass is 9.80. The van der Waals surface area contributed by atoms with Crippen molar-refractivity contribution in [2.45, 2.75) is 38.5 Å². The average Bonchev–Trinajstić information content (AvgIpc) is 2.89. The molecule has 112 valence electrons. The van der Waals surface area contributed by atoms with Crippen LogP contribution in [0.2, 0.25) is 0 Å². The number of carbonyl (C=O) groups is 1. The predicted molar refractivity (Wildman–Crippen MR) is 89.3 cm³/mol. The van der Waals surface area contributed by atoms with Crippen molar-refractivity contribution in [3.63, 3.8) is 0 Å². The Bertz CT molecular complexity index is 674. The van der Waals surface area contributed by atoms with E-state index in [-0.39, 0.29) is 5.92 Å². The first kappa shape index (κ1) is 15.0. The summed E-state index contributed by atoms with van der Waals surface area (Å²) in [5.74, 6) is 1.93. The molecule has 0 amide bonds. The van der Waals surface area contributed by atoms with Gasteiger partial charge in [0.2, 0.25) is 0 Å². The van der Waals surface area contributed by atoms with Gasteiger partial charge in [-0.3, -0.25) is 4.79 Å². The third-order valence-corrected chi connectivity index (χ3v) is 6.13. The molecule has 1 aliphatic carbocycles. The lowest BCUT2D eigenvalue weighted by Gasteiger charge is -2.25. The lowest BCUT2D eigenvalue weighted by Crippen LogP contribution is -2.18. The van der Waals surface area contributed by atoms with Gasteiger partial charge in [0.05, 0.1) is 26.8 Å². The molecule has 3 nitrogen and oxygen atoms in total. The van der Waals surface area contributed by atoms with Crippen LogP contribution in [-0.2, 0) is 4.79 Å². The SMILES string of the molecule is COc1cc2nc([C@H]3CC[C@H](C(C)=O)CC3)sc2cc1Br. The van der Waals surface area contributed by atoms with Crippen molar-refractivity contribution in [3.8, 4) is 5.75 Å². The van der Waals surface area contributed by atoms with Crippen LogP contribution < -0.4 is 4.74 Å². The molecule has 0 bridgehead atoms. The van der Waals surface area contributed by atoms with Gasteiger partial charge in [-0.05, 0) is 54.6 Å². The minimum absolute atomic E-state index is 0.268. The zero-order chi connectivity index (χ0) is 15.0. The number of thiazole rings is 1. The molecule has 0 N–H and O–H groups in total. The van der Waals surface area contributed by atoms with Gasteiger partial charge in [0.15, 0.2) is 0 Å². The molecular formula is C16H18BrNO2S. The molecule has 1 aliphatic rings. The Kier molecular flexibility index (Phi) is 4.31. The summed E-state index contributed by atoms with van der Waals surface area (Å²) in [6.45, 7) is 1.71. The summed E-state index contributed by atoms with van der Waals surface area (Å²) in [7, 11) is 1.67. The van der Waals surface area contributed by atoms with Gasteiger partial charge in [0, 0.05) is 17.9 Å². The van der Waals surface area contributed by atoms with Crippen molar-refractivity contribution in [1.82, 2.24) is 4.98 Å². The minimum Gasteiger partial charge on any atom is -0.495 e. The van der Waals surface area contributed by atoms with E-state index in [1.54, 1.807) is 25.4 Å². The summed E-state index contributed by atoms with van der Waals surface area (Å²) >= 11 is 5.29. The summed E-state index contributed by atoms with van der Waals surface area (Å²) in [6, 6.07) is 4.07. The van der Waals surface area contributed by atoms with E-state index in [1.807, 2.05) is 6.07 Å². The number of hydrogen-bond donors (Lipinski definition) is 0. The number of ketones is 1. The zero-order valence-corrected chi connectivity index (χ0v) is 14.6. The fraction of sp³-hybridized carbons (Fsp3) is 0.500. The Morgan fingerprint density at radius 3 is 2.67 bits per heavy atom. The molecule has 0 saturated heterocycles. The van der Waals surface area contributed by atoms with Crippen molar-refractivity contribution in [2.75, 3.05) is 7.11 Å². The Balaban J connectivity index is 1.83. The second-order valence-electron chi connectivity index (χ2n) is 5.67. The fourth-order valence-corrected chi connectivity index (χ4v) is 4.84. The van der Waals surface area contributed by atoms with Gasteiger partial charge >= 0.3 is 0 Å². The third kappa shape index (κ3) is 2.99. The monoisotopic (exact) mass is 367 g/mol. The second kappa shape index (κ2) is 6.05. The lowest BCUT2D eigenvalue weighted by molar-refractivity contribution is -0.121. The molecule has 2 aromatic rings. The molecule has 0 atom stereocenters. The number of ether oxygens (including phenoxy) is 1. The Labute approximate surface area is 136 Å². The maximum Gasteiger partial charge on any atom is 0.135 e. The summed E-state index contributed by atoms with van der Waals surface area (Å²) in [4.78, 5) is 16.2. The highest BCUT2D eigenvalue weighted by molar-refractivity contribution is 9.10. The van der Waals surface area contributed by atoms with Gasteiger partial charge in [-0.1, -0.05) is 0 Å². The van der Waals surface area contributed by atoms with Gasteiger partial charge in [-0.25, -0.2) is 4.98 Å². The van der Waals surface area contributed by atoms with Crippen LogP contribution in [0.1, 0.15) is 43.5 Å². The van der Waals surface area contributed by atoms with Crippen LogP contribution >= 0.6 is 27.3 Å². The first-order valence-electron chi connectivity index (χ1n) is 7.23. The van der Waals surface area contributed by atoms with E-state index in [2.05, 4.69) is 22.0 Å². The minimum atomic E-state index is 0.268. The van der Waals surface area contributed by atoms with Gasteiger partial charge in [0.1, 0.15) is 11.5 Å². The standard InChI is InChI=1S/C16H18BrNO2S/c1-9(19)10-3-5-11(6-4-10)16-18-13-8-14(20-2)12(17)7-15(13)21-16/h7-8,10-11H,3-6H2,1-2H3/t10-,11-. The maximum absolute atomic E-state index is 11.5. The van der Waals surface area contributed by atoms with Crippen molar-refractivity contribution >= 4 is 43.3 Å². The number of rotatable bonds is 3. The normalized spacial score (nSPS) is 22.4. The largest absolute Gasteiger partial charge is 0.495 e. The molecule has 0 aliphatic heterocycles. The molecule has 21 heavy (non-hydrogen) atoms. The second-order valence-corrected chi connectivity index (χ2v) is 7.58. The van der Waals surface area contributed by atoms with Crippen molar-refractivity contribution < 1.29 is 9.53 Å². The van der Waals surface area contributed by atoms with Gasteiger partial charge in [-0.2, -0.15) is 0 Å². The van der Waals surface area contributed by atoms with E-state index < -0.39 is 0 Å². The molecule has 1 aromatic carbocycles. The molecule has 1 heterocycles. The highest BCUT2D eigenvalue weighted by atomic mass is 79.9. The van der Waals surface area contributed by atoms with Crippen molar-refractivity contribution in [2.24, 2.45) is 5.92 Å². The molecular weight excluding hydrogens is 350 g/mol. The van der Waals surface area contributed by atoms with Crippen LogP contribution in [0, 0.1) is 5.92 Å². The molecule has 0 radical (unpaired) electrons. The average molecular weight is 368 g/mol. The number of carbonyl (C=O) groups excluding carboxylic acids is 1. The van der Waals surface area contributed by atoms with Crippen LogP contribution in [0.25, 0.3) is 10.2 Å². The number of Topliss-reactive ketones (excluding diaryl/α,β-unsaturated/α-hetero) is 1. The zero-order valence-electron chi connectivity index (χ0n) is 12.2. The van der Waals surface area contributed by atoms with Crippen LogP contribution in [0.5, 0.6) is 5.75 Å². The molecule has 0 spiro atoms. The maximum atomic E-state index is 11.5. The quantitative estimate of drug-likeness (QED) is 0.771. The number of fused-ring (bicyclic) bond motifs is 1. The van der Waals surface area contributed by atoms with Crippen molar-refractivity contribution in [3.05, 3.63) is 21.6 Å². The first-order chi connectivity index (χ1) is 10.1. The van der Waals surface area contributed by atoms with Crippen LogP contribution in [0.4, 0.5) is 0 Å². The summed E-state index contributed by atoms with van der Waals surface area (Å²) in [5.41, 5.74) is 1.00. The summed E-state index contributed by atoms with van der Waals surface area (Å²) < 4.78 is 7.48. The molecule has 1 saturated carbocycles. The van der Waals surface area contributed by atoms with E-state index >= 15 is 0 Å². The molecule has 0 unspecified atom stereocenters. The van der Waals surface area contributed by atoms with Crippen LogP contribution in [-0.4, -0.2) is 17.9 Å².